The SMILES string of the molecule is N#Cc1ccc2c(c1)sc1ccc(N)cc12. The lowest BCUT2D eigenvalue weighted by atomic mass is 10.1. The van der Waals surface area contributed by atoms with Crippen molar-refractivity contribution >= 4 is 37.2 Å². The predicted octanol–water partition coefficient (Wildman–Crippen LogP) is 3.51. The van der Waals surface area contributed by atoms with Gasteiger partial charge in [-0.05, 0) is 30.3 Å². The molecule has 1 heterocycles. The Morgan fingerprint density at radius 3 is 2.69 bits per heavy atom. The van der Waals surface area contributed by atoms with Gasteiger partial charge in [-0.25, -0.2) is 0 Å². The number of anilines is 1. The van der Waals surface area contributed by atoms with Crippen LogP contribution >= 0.6 is 11.3 Å². The van der Waals surface area contributed by atoms with Crippen LogP contribution in [0.1, 0.15) is 5.56 Å². The number of thiophene rings is 1. The molecule has 0 aliphatic heterocycles. The molecule has 3 aromatic rings. The summed E-state index contributed by atoms with van der Waals surface area (Å²) in [5.74, 6) is 0. The molecule has 0 atom stereocenters. The fourth-order valence-electron chi connectivity index (χ4n) is 1.86. The molecule has 3 rings (SSSR count). The standard InChI is InChI=1S/C13H8N2S/c14-7-8-1-3-10-11-6-9(15)2-4-12(11)16-13(10)5-8/h1-6H,15H2. The summed E-state index contributed by atoms with van der Waals surface area (Å²) >= 11 is 1.69. The third-order valence-corrected chi connectivity index (χ3v) is 3.76. The van der Waals surface area contributed by atoms with E-state index in [0.717, 1.165) is 10.4 Å². The van der Waals surface area contributed by atoms with E-state index in [-0.39, 0.29) is 0 Å². The molecule has 2 aromatic carbocycles. The van der Waals surface area contributed by atoms with Crippen LogP contribution < -0.4 is 5.73 Å². The highest BCUT2D eigenvalue weighted by molar-refractivity contribution is 7.25. The van der Waals surface area contributed by atoms with Crippen molar-refractivity contribution in [2.75, 3.05) is 5.73 Å². The summed E-state index contributed by atoms with van der Waals surface area (Å²) in [6, 6.07) is 13.8. The highest BCUT2D eigenvalue weighted by Crippen LogP contribution is 2.35. The average Bonchev–Trinajstić information content (AvgIpc) is 2.66. The molecule has 3 heteroatoms. The first kappa shape index (κ1) is 9.20. The number of nitrogens with two attached hydrogens (primary N) is 1. The molecule has 0 aliphatic carbocycles. The third-order valence-electron chi connectivity index (χ3n) is 2.62. The van der Waals surface area contributed by atoms with Crippen LogP contribution in [0.5, 0.6) is 0 Å². The summed E-state index contributed by atoms with van der Waals surface area (Å²) in [4.78, 5) is 0. The maximum absolute atomic E-state index is 8.85. The van der Waals surface area contributed by atoms with E-state index >= 15 is 0 Å². The molecule has 0 saturated carbocycles. The van der Waals surface area contributed by atoms with Crippen LogP contribution in [0.4, 0.5) is 5.69 Å². The van der Waals surface area contributed by atoms with E-state index in [0.29, 0.717) is 5.56 Å². The molecule has 2 N–H and O–H groups in total. The second-order valence-corrected chi connectivity index (χ2v) is 4.76. The van der Waals surface area contributed by atoms with E-state index in [4.69, 9.17) is 11.0 Å². The molecular weight excluding hydrogens is 216 g/mol. The van der Waals surface area contributed by atoms with Crippen molar-refractivity contribution < 1.29 is 0 Å². The fourth-order valence-corrected chi connectivity index (χ4v) is 2.99. The number of nitrogens with zero attached hydrogens (tertiary/aromatic N) is 1. The van der Waals surface area contributed by atoms with Gasteiger partial charge in [-0.3, -0.25) is 0 Å². The number of rotatable bonds is 0. The minimum Gasteiger partial charge on any atom is -0.399 e. The van der Waals surface area contributed by atoms with Gasteiger partial charge in [-0.15, -0.1) is 11.3 Å². The van der Waals surface area contributed by atoms with Crippen molar-refractivity contribution in [2.24, 2.45) is 0 Å². The maximum Gasteiger partial charge on any atom is 0.0992 e. The second-order valence-electron chi connectivity index (χ2n) is 3.68. The Labute approximate surface area is 96.5 Å². The van der Waals surface area contributed by atoms with Gasteiger partial charge >= 0.3 is 0 Å². The number of nitriles is 1. The second kappa shape index (κ2) is 3.22. The zero-order valence-electron chi connectivity index (χ0n) is 8.40. The Hall–Kier alpha value is -2.05. The largest absolute Gasteiger partial charge is 0.399 e. The highest BCUT2D eigenvalue weighted by Gasteiger charge is 2.05. The quantitative estimate of drug-likeness (QED) is 0.594. The minimum atomic E-state index is 0.701. The summed E-state index contributed by atoms with van der Waals surface area (Å²) in [5, 5.41) is 11.2. The zero-order chi connectivity index (χ0) is 11.1. The Morgan fingerprint density at radius 1 is 1.00 bits per heavy atom. The molecule has 0 spiro atoms. The van der Waals surface area contributed by atoms with E-state index in [1.54, 1.807) is 11.3 Å². The lowest BCUT2D eigenvalue weighted by molar-refractivity contribution is 1.50. The summed E-state index contributed by atoms with van der Waals surface area (Å²) in [5.41, 5.74) is 7.26. The molecule has 0 amide bonds. The molecule has 76 valence electrons. The van der Waals surface area contributed by atoms with Crippen molar-refractivity contribution in [3.8, 4) is 6.07 Å². The van der Waals surface area contributed by atoms with Crippen LogP contribution in [-0.4, -0.2) is 0 Å². The van der Waals surface area contributed by atoms with Crippen LogP contribution in [-0.2, 0) is 0 Å². The van der Waals surface area contributed by atoms with Crippen LogP contribution in [0.25, 0.3) is 20.2 Å². The third kappa shape index (κ3) is 1.24. The molecule has 16 heavy (non-hydrogen) atoms. The predicted molar refractivity (Wildman–Crippen MR) is 68.5 cm³/mol. The molecule has 0 fully saturated rings. The van der Waals surface area contributed by atoms with Crippen molar-refractivity contribution in [1.29, 1.82) is 5.26 Å². The Balaban J connectivity index is 2.47. The van der Waals surface area contributed by atoms with E-state index in [2.05, 4.69) is 6.07 Å². The van der Waals surface area contributed by atoms with E-state index in [1.165, 1.54) is 15.5 Å². The van der Waals surface area contributed by atoms with Crippen molar-refractivity contribution in [3.63, 3.8) is 0 Å². The summed E-state index contributed by atoms with van der Waals surface area (Å²) < 4.78 is 2.35. The van der Waals surface area contributed by atoms with Crippen molar-refractivity contribution in [1.82, 2.24) is 0 Å². The van der Waals surface area contributed by atoms with Gasteiger partial charge in [-0.2, -0.15) is 5.26 Å². The monoisotopic (exact) mass is 224 g/mol. The van der Waals surface area contributed by atoms with Crippen LogP contribution in [0, 0.1) is 11.3 Å². The summed E-state index contributed by atoms with van der Waals surface area (Å²) in [7, 11) is 0. The zero-order valence-corrected chi connectivity index (χ0v) is 9.21. The first-order valence-corrected chi connectivity index (χ1v) is 5.71. The number of fused-ring (bicyclic) bond motifs is 3. The van der Waals surface area contributed by atoms with Gasteiger partial charge in [0, 0.05) is 25.9 Å². The maximum atomic E-state index is 8.85. The lowest BCUT2D eigenvalue weighted by Crippen LogP contribution is -1.81. The van der Waals surface area contributed by atoms with Crippen LogP contribution in [0.3, 0.4) is 0 Å². The van der Waals surface area contributed by atoms with Gasteiger partial charge in [0.2, 0.25) is 0 Å². The first-order chi connectivity index (χ1) is 7.78. The summed E-state index contributed by atoms with van der Waals surface area (Å²) in [6.07, 6.45) is 0. The number of hydrogen-bond donors (Lipinski definition) is 1. The van der Waals surface area contributed by atoms with Crippen LogP contribution in [0.2, 0.25) is 0 Å². The van der Waals surface area contributed by atoms with Crippen molar-refractivity contribution in [2.45, 2.75) is 0 Å². The Morgan fingerprint density at radius 2 is 1.88 bits per heavy atom. The van der Waals surface area contributed by atoms with Gasteiger partial charge < -0.3 is 5.73 Å². The lowest BCUT2D eigenvalue weighted by Gasteiger charge is -1.94. The highest BCUT2D eigenvalue weighted by atomic mass is 32.1. The average molecular weight is 224 g/mol. The molecule has 0 saturated heterocycles. The van der Waals surface area contributed by atoms with Crippen LogP contribution in [0.15, 0.2) is 36.4 Å². The summed E-state index contributed by atoms with van der Waals surface area (Å²) in [6.45, 7) is 0. The Kier molecular flexibility index (Phi) is 1.85. The van der Waals surface area contributed by atoms with Gasteiger partial charge in [0.25, 0.3) is 0 Å². The molecule has 0 aliphatic rings. The normalized spacial score (nSPS) is 10.7. The molecule has 0 radical (unpaired) electrons. The first-order valence-electron chi connectivity index (χ1n) is 4.90. The van der Waals surface area contributed by atoms with Crippen molar-refractivity contribution in [3.05, 3.63) is 42.0 Å². The van der Waals surface area contributed by atoms with E-state index < -0.39 is 0 Å². The number of nitrogen functional groups attached to an aromatic ring is 1. The van der Waals surface area contributed by atoms with E-state index in [9.17, 15) is 0 Å². The molecule has 0 bridgehead atoms. The molecular formula is C13H8N2S. The molecule has 0 unspecified atom stereocenters. The van der Waals surface area contributed by atoms with E-state index in [1.807, 2.05) is 36.4 Å². The smallest absolute Gasteiger partial charge is 0.0992 e. The Bertz CT molecular complexity index is 735. The van der Waals surface area contributed by atoms with Gasteiger partial charge in [-0.1, -0.05) is 6.07 Å². The van der Waals surface area contributed by atoms with Gasteiger partial charge in [0.1, 0.15) is 0 Å². The number of benzene rings is 2. The molecule has 1 aromatic heterocycles. The van der Waals surface area contributed by atoms with Gasteiger partial charge in [0.05, 0.1) is 11.6 Å². The minimum absolute atomic E-state index is 0.701. The molecule has 2 nitrogen and oxygen atoms in total. The topological polar surface area (TPSA) is 49.8 Å². The number of hydrogen-bond acceptors (Lipinski definition) is 3. The van der Waals surface area contributed by atoms with Gasteiger partial charge in [0.15, 0.2) is 0 Å². The fraction of sp³-hybridized carbons (Fsp3) is 0.